The van der Waals surface area contributed by atoms with Gasteiger partial charge in [0.15, 0.2) is 5.65 Å². The number of carbonyl (C=O) groups excluding carboxylic acids is 1. The number of aryl methyl sites for hydroxylation is 1. The largest absolute Gasteiger partial charge is 0.399 e. The lowest BCUT2D eigenvalue weighted by Crippen LogP contribution is -2.37. The maximum Gasteiger partial charge on any atom is 0.253 e. The zero-order valence-corrected chi connectivity index (χ0v) is 21.0. The molecule has 2 aromatic carbocycles. The van der Waals surface area contributed by atoms with Gasteiger partial charge >= 0.3 is 0 Å². The van der Waals surface area contributed by atoms with Crippen molar-refractivity contribution >= 4 is 40.2 Å². The molecule has 0 bridgehead atoms. The fourth-order valence-corrected chi connectivity index (χ4v) is 4.71. The van der Waals surface area contributed by atoms with Crippen LogP contribution in [0.1, 0.15) is 54.1 Å². The molecule has 1 saturated heterocycles. The first-order valence-corrected chi connectivity index (χ1v) is 12.5. The van der Waals surface area contributed by atoms with Gasteiger partial charge in [-0.2, -0.15) is 4.98 Å². The van der Waals surface area contributed by atoms with Crippen molar-refractivity contribution in [1.29, 1.82) is 0 Å². The number of benzene rings is 2. The number of fused-ring (bicyclic) bond motifs is 1. The number of aromatic amines is 1. The molecule has 0 saturated carbocycles. The Hall–Kier alpha value is -4.07. The molecule has 0 aliphatic carbocycles. The van der Waals surface area contributed by atoms with Crippen LogP contribution >= 0.6 is 0 Å². The molecule has 5 N–H and O–H groups in total. The van der Waals surface area contributed by atoms with Crippen LogP contribution in [0.25, 0.3) is 11.2 Å². The van der Waals surface area contributed by atoms with Gasteiger partial charge in [-0.1, -0.05) is 18.2 Å². The number of anilines is 4. The quantitative estimate of drug-likeness (QED) is 0.272. The number of amides is 1. The van der Waals surface area contributed by atoms with E-state index in [-0.39, 0.29) is 11.9 Å². The number of nitrogen functional groups attached to an aromatic ring is 1. The molecule has 8 heteroatoms. The van der Waals surface area contributed by atoms with E-state index in [0.29, 0.717) is 23.1 Å². The van der Waals surface area contributed by atoms with Crippen molar-refractivity contribution in [1.82, 2.24) is 19.9 Å². The molecular formula is C28H33N7O. The number of pyridine rings is 1. The van der Waals surface area contributed by atoms with Crippen LogP contribution in [0.2, 0.25) is 0 Å². The first-order chi connectivity index (χ1) is 17.4. The lowest BCUT2D eigenvalue weighted by atomic mass is 9.89. The topological polar surface area (TPSA) is 112 Å². The number of hydrogen-bond donors (Lipinski definition) is 4. The average Bonchev–Trinajstić information content (AvgIpc) is 3.27. The third-order valence-corrected chi connectivity index (χ3v) is 6.71. The zero-order valence-electron chi connectivity index (χ0n) is 21.0. The van der Waals surface area contributed by atoms with Crippen molar-refractivity contribution in [2.45, 2.75) is 45.6 Å². The summed E-state index contributed by atoms with van der Waals surface area (Å²) in [6.07, 6.45) is 1.90. The molecule has 3 heterocycles. The number of piperidine rings is 1. The highest BCUT2D eigenvalue weighted by molar-refractivity contribution is 5.95. The van der Waals surface area contributed by atoms with Crippen molar-refractivity contribution in [2.75, 3.05) is 29.5 Å². The van der Waals surface area contributed by atoms with Crippen LogP contribution in [-0.4, -0.2) is 44.9 Å². The average molecular weight is 484 g/mol. The third kappa shape index (κ3) is 5.12. The van der Waals surface area contributed by atoms with E-state index in [1.807, 2.05) is 54.3 Å². The van der Waals surface area contributed by atoms with Gasteiger partial charge in [-0.05, 0) is 87.1 Å². The Morgan fingerprint density at radius 1 is 1.06 bits per heavy atom. The number of aromatic nitrogens is 3. The van der Waals surface area contributed by atoms with Gasteiger partial charge in [0.05, 0.1) is 5.52 Å². The van der Waals surface area contributed by atoms with Crippen LogP contribution in [0.3, 0.4) is 0 Å². The Balaban J connectivity index is 1.27. The van der Waals surface area contributed by atoms with Crippen molar-refractivity contribution in [2.24, 2.45) is 0 Å². The molecule has 2 aromatic heterocycles. The molecule has 1 aliphatic rings. The number of rotatable bonds is 6. The van der Waals surface area contributed by atoms with Gasteiger partial charge in [-0.3, -0.25) is 4.79 Å². The summed E-state index contributed by atoms with van der Waals surface area (Å²) in [6.45, 7) is 7.64. The molecule has 186 valence electrons. The molecule has 1 amide bonds. The fraction of sp³-hybridized carbons (Fsp3) is 0.321. The number of hydrogen-bond acceptors (Lipinski definition) is 6. The zero-order chi connectivity index (χ0) is 25.2. The van der Waals surface area contributed by atoms with Gasteiger partial charge < -0.3 is 26.3 Å². The number of nitrogens with two attached hydrogens (primary N) is 1. The minimum Gasteiger partial charge on any atom is -0.399 e. The lowest BCUT2D eigenvalue weighted by molar-refractivity contribution is 0.0713. The second-order valence-corrected chi connectivity index (χ2v) is 9.84. The third-order valence-electron chi connectivity index (χ3n) is 6.71. The van der Waals surface area contributed by atoms with E-state index in [1.165, 1.54) is 5.56 Å². The van der Waals surface area contributed by atoms with Gasteiger partial charge in [0, 0.05) is 36.1 Å². The summed E-state index contributed by atoms with van der Waals surface area (Å²) in [5.74, 6) is 1.91. The summed E-state index contributed by atoms with van der Waals surface area (Å²) in [4.78, 5) is 27.7. The van der Waals surface area contributed by atoms with Gasteiger partial charge in [-0.15, -0.1) is 0 Å². The summed E-state index contributed by atoms with van der Waals surface area (Å²) >= 11 is 0. The molecule has 0 unspecified atom stereocenters. The Morgan fingerprint density at radius 2 is 1.81 bits per heavy atom. The molecule has 0 atom stereocenters. The summed E-state index contributed by atoms with van der Waals surface area (Å²) in [6, 6.07) is 18.1. The van der Waals surface area contributed by atoms with E-state index in [9.17, 15) is 4.79 Å². The van der Waals surface area contributed by atoms with Gasteiger partial charge in [0.2, 0.25) is 5.95 Å². The van der Waals surface area contributed by atoms with E-state index >= 15 is 0 Å². The normalized spacial score (nSPS) is 14.4. The summed E-state index contributed by atoms with van der Waals surface area (Å²) in [5.41, 5.74) is 11.9. The Morgan fingerprint density at radius 3 is 2.53 bits per heavy atom. The lowest BCUT2D eigenvalue weighted by Gasteiger charge is -2.32. The van der Waals surface area contributed by atoms with Crippen LogP contribution in [0.4, 0.5) is 23.1 Å². The smallest absolute Gasteiger partial charge is 0.253 e. The van der Waals surface area contributed by atoms with Crippen molar-refractivity contribution < 1.29 is 4.79 Å². The highest BCUT2D eigenvalue weighted by atomic mass is 16.2. The fourth-order valence-electron chi connectivity index (χ4n) is 4.71. The van der Waals surface area contributed by atoms with Crippen molar-refractivity contribution in [3.63, 3.8) is 0 Å². The minimum atomic E-state index is 0.0597. The molecule has 8 nitrogen and oxygen atoms in total. The predicted molar refractivity (Wildman–Crippen MR) is 146 cm³/mol. The maximum atomic E-state index is 13.3. The molecule has 1 aliphatic heterocycles. The molecule has 4 aromatic rings. The minimum absolute atomic E-state index is 0.0597. The first kappa shape index (κ1) is 23.7. The predicted octanol–water partition coefficient (Wildman–Crippen LogP) is 5.43. The van der Waals surface area contributed by atoms with Crippen LogP contribution in [-0.2, 0) is 0 Å². The molecule has 36 heavy (non-hydrogen) atoms. The van der Waals surface area contributed by atoms with Gasteiger partial charge in [0.25, 0.3) is 5.91 Å². The van der Waals surface area contributed by atoms with Crippen LogP contribution in [0, 0.1) is 6.92 Å². The van der Waals surface area contributed by atoms with Crippen molar-refractivity contribution in [3.05, 3.63) is 71.3 Å². The number of imidazole rings is 1. The highest BCUT2D eigenvalue weighted by Crippen LogP contribution is 2.30. The van der Waals surface area contributed by atoms with Crippen molar-refractivity contribution in [3.8, 4) is 0 Å². The van der Waals surface area contributed by atoms with E-state index in [0.717, 1.165) is 54.2 Å². The number of likely N-dealkylation sites (tertiary alicyclic amines) is 1. The molecule has 1 fully saturated rings. The summed E-state index contributed by atoms with van der Waals surface area (Å²) in [7, 11) is 0. The van der Waals surface area contributed by atoms with Crippen LogP contribution in [0.5, 0.6) is 0 Å². The van der Waals surface area contributed by atoms with E-state index in [2.05, 4.69) is 51.6 Å². The Bertz CT molecular complexity index is 1370. The number of nitrogens with zero attached hydrogens (tertiary/aromatic N) is 3. The standard InChI is InChI=1S/C28H33N7O/c1-17(2)30-25-11-10-23-26(33-25)34-28(31-23)32-24-16-21(5-4-18(24)3)27(36)35-14-12-20(13-15-35)19-6-8-22(29)9-7-19/h4-11,16-17,20H,12-15,29H2,1-3H3,(H3,30,31,32,33,34). The Kier molecular flexibility index (Phi) is 6.50. The first-order valence-electron chi connectivity index (χ1n) is 12.5. The molecule has 0 radical (unpaired) electrons. The van der Waals surface area contributed by atoms with E-state index in [4.69, 9.17) is 5.73 Å². The molecule has 5 rings (SSSR count). The number of H-pyrrole nitrogens is 1. The van der Waals surface area contributed by atoms with Crippen LogP contribution < -0.4 is 16.4 Å². The van der Waals surface area contributed by atoms with Crippen LogP contribution in [0.15, 0.2) is 54.6 Å². The molecular weight excluding hydrogens is 450 g/mol. The Labute approximate surface area is 211 Å². The van der Waals surface area contributed by atoms with E-state index in [1.54, 1.807) is 0 Å². The maximum absolute atomic E-state index is 13.3. The number of carbonyl (C=O) groups is 1. The van der Waals surface area contributed by atoms with E-state index < -0.39 is 0 Å². The monoisotopic (exact) mass is 483 g/mol. The summed E-state index contributed by atoms with van der Waals surface area (Å²) < 4.78 is 0. The second-order valence-electron chi connectivity index (χ2n) is 9.84. The SMILES string of the molecule is Cc1ccc(C(=O)N2CCC(c3ccc(N)cc3)CC2)cc1Nc1nc2nc(NC(C)C)ccc2[nH]1. The molecule has 0 spiro atoms. The summed E-state index contributed by atoms with van der Waals surface area (Å²) in [5, 5.41) is 6.64. The highest BCUT2D eigenvalue weighted by Gasteiger charge is 2.25. The van der Waals surface area contributed by atoms with Gasteiger partial charge in [0.1, 0.15) is 5.82 Å². The van der Waals surface area contributed by atoms with Gasteiger partial charge in [-0.25, -0.2) is 4.98 Å². The second kappa shape index (κ2) is 9.89. The number of nitrogens with one attached hydrogen (secondary N) is 3.